The highest BCUT2D eigenvalue weighted by Gasteiger charge is 2.19. The number of carbonyl (C=O) groups is 1. The molecule has 0 aliphatic heterocycles. The number of benzene rings is 2. The summed E-state index contributed by atoms with van der Waals surface area (Å²) in [6, 6.07) is 10.6. The Morgan fingerprint density at radius 3 is 2.50 bits per heavy atom. The van der Waals surface area contributed by atoms with Gasteiger partial charge in [-0.2, -0.15) is 0 Å². The minimum atomic E-state index is -3.86. The first kappa shape index (κ1) is 22.1. The van der Waals surface area contributed by atoms with E-state index >= 15 is 0 Å². The van der Waals surface area contributed by atoms with Crippen molar-refractivity contribution in [3.8, 4) is 5.75 Å². The molecule has 11 heteroatoms. The van der Waals surface area contributed by atoms with E-state index in [-0.39, 0.29) is 17.4 Å². The van der Waals surface area contributed by atoms with Crippen molar-refractivity contribution in [3.63, 3.8) is 0 Å². The Labute approximate surface area is 186 Å². The molecule has 0 saturated heterocycles. The molecule has 0 unspecified atom stereocenters. The molecule has 1 heterocycles. The highest BCUT2D eigenvalue weighted by molar-refractivity contribution is 9.10. The molecule has 1 amide bonds. The fraction of sp³-hybridized carbons (Fsp3) is 0.158. The van der Waals surface area contributed by atoms with Gasteiger partial charge in [-0.1, -0.05) is 16.8 Å². The predicted octanol–water partition coefficient (Wildman–Crippen LogP) is 4.53. The maximum atomic E-state index is 12.5. The van der Waals surface area contributed by atoms with E-state index in [0.29, 0.717) is 32.2 Å². The van der Waals surface area contributed by atoms with Gasteiger partial charge in [-0.05, 0) is 72.2 Å². The first-order chi connectivity index (χ1) is 14.2. The Morgan fingerprint density at radius 1 is 1.20 bits per heavy atom. The molecule has 2 N–H and O–H groups in total. The van der Waals surface area contributed by atoms with E-state index in [1.807, 2.05) is 0 Å². The summed E-state index contributed by atoms with van der Waals surface area (Å²) < 4.78 is 38.4. The van der Waals surface area contributed by atoms with Crippen LogP contribution >= 0.6 is 27.5 Å². The van der Waals surface area contributed by atoms with E-state index in [0.717, 1.165) is 0 Å². The Morgan fingerprint density at radius 2 is 1.90 bits per heavy atom. The van der Waals surface area contributed by atoms with E-state index in [9.17, 15) is 13.2 Å². The molecule has 0 aliphatic carbocycles. The molecule has 0 radical (unpaired) electrons. The molecule has 0 bridgehead atoms. The summed E-state index contributed by atoms with van der Waals surface area (Å²) in [5, 5.41) is 6.89. The second-order valence-corrected chi connectivity index (χ2v) is 9.24. The number of rotatable bonds is 7. The van der Waals surface area contributed by atoms with Gasteiger partial charge in [0.15, 0.2) is 6.61 Å². The zero-order valence-corrected chi connectivity index (χ0v) is 19.1. The summed E-state index contributed by atoms with van der Waals surface area (Å²) in [6.07, 6.45) is 0. The average Bonchev–Trinajstić information content (AvgIpc) is 2.99. The van der Waals surface area contributed by atoms with Gasteiger partial charge in [0.25, 0.3) is 15.9 Å². The van der Waals surface area contributed by atoms with Crippen molar-refractivity contribution in [2.24, 2.45) is 0 Å². The molecule has 0 spiro atoms. The van der Waals surface area contributed by atoms with Crippen molar-refractivity contribution < 1.29 is 22.5 Å². The van der Waals surface area contributed by atoms with Gasteiger partial charge in [0, 0.05) is 16.3 Å². The van der Waals surface area contributed by atoms with Crippen molar-refractivity contribution >= 4 is 55.0 Å². The number of amides is 1. The molecular weight excluding hydrogens is 498 g/mol. The number of sulfonamides is 1. The van der Waals surface area contributed by atoms with Crippen LogP contribution < -0.4 is 14.8 Å². The van der Waals surface area contributed by atoms with Gasteiger partial charge in [0.1, 0.15) is 5.75 Å². The Kier molecular flexibility index (Phi) is 6.69. The number of aromatic nitrogens is 1. The lowest BCUT2D eigenvalue weighted by atomic mass is 10.3. The number of hydrogen-bond acceptors (Lipinski definition) is 6. The van der Waals surface area contributed by atoms with Gasteiger partial charge in [0.2, 0.25) is 5.88 Å². The molecule has 30 heavy (non-hydrogen) atoms. The minimum absolute atomic E-state index is 0.00953. The topological polar surface area (TPSA) is 111 Å². The van der Waals surface area contributed by atoms with Crippen molar-refractivity contribution in [2.75, 3.05) is 16.6 Å². The Balaban J connectivity index is 1.60. The van der Waals surface area contributed by atoms with Crippen LogP contribution in [0.15, 0.2) is 56.4 Å². The second-order valence-electron chi connectivity index (χ2n) is 6.26. The average molecular weight is 515 g/mol. The highest BCUT2D eigenvalue weighted by Crippen LogP contribution is 2.28. The van der Waals surface area contributed by atoms with E-state index in [1.54, 1.807) is 32.0 Å². The summed E-state index contributed by atoms with van der Waals surface area (Å²) in [4.78, 5) is 12.1. The zero-order chi connectivity index (χ0) is 21.9. The van der Waals surface area contributed by atoms with Crippen LogP contribution in [0.3, 0.4) is 0 Å². The van der Waals surface area contributed by atoms with Gasteiger partial charge in [-0.15, -0.1) is 0 Å². The van der Waals surface area contributed by atoms with Crippen molar-refractivity contribution in [3.05, 3.63) is 63.2 Å². The number of carbonyl (C=O) groups excluding carboxylic acids is 1. The summed E-state index contributed by atoms with van der Waals surface area (Å²) in [6.45, 7) is 3.18. The normalized spacial score (nSPS) is 11.2. The third-order valence-corrected chi connectivity index (χ3v) is 6.29. The van der Waals surface area contributed by atoms with Crippen LogP contribution in [0.5, 0.6) is 5.75 Å². The maximum Gasteiger partial charge on any atom is 0.264 e. The number of anilines is 2. The molecule has 158 valence electrons. The fourth-order valence-corrected chi connectivity index (χ4v) is 4.19. The standard InChI is InChI=1S/C19H17BrClN3O5S/c1-11-12(2)23-29-19(11)24-30(26,27)15-6-4-14(5-7-15)22-18(25)10-28-17-8-3-13(21)9-16(17)20/h3-9,24H,10H2,1-2H3,(H,22,25). The van der Waals surface area contributed by atoms with E-state index in [2.05, 4.69) is 31.1 Å². The predicted molar refractivity (Wildman–Crippen MR) is 117 cm³/mol. The van der Waals surface area contributed by atoms with Gasteiger partial charge < -0.3 is 14.6 Å². The van der Waals surface area contributed by atoms with Crippen LogP contribution in [-0.4, -0.2) is 26.1 Å². The molecule has 2 aromatic carbocycles. The number of ether oxygens (including phenoxy) is 1. The highest BCUT2D eigenvalue weighted by atomic mass is 79.9. The summed E-state index contributed by atoms with van der Waals surface area (Å²) >= 11 is 9.17. The molecule has 3 aromatic rings. The second kappa shape index (κ2) is 9.07. The Bertz CT molecular complexity index is 1180. The molecule has 0 saturated carbocycles. The SMILES string of the molecule is Cc1noc(NS(=O)(=O)c2ccc(NC(=O)COc3ccc(Cl)cc3Br)cc2)c1C. The van der Waals surface area contributed by atoms with E-state index < -0.39 is 15.9 Å². The quantitative estimate of drug-likeness (QED) is 0.479. The smallest absolute Gasteiger partial charge is 0.264 e. The first-order valence-electron chi connectivity index (χ1n) is 8.59. The largest absolute Gasteiger partial charge is 0.483 e. The van der Waals surface area contributed by atoms with Crippen LogP contribution in [-0.2, 0) is 14.8 Å². The van der Waals surface area contributed by atoms with Crippen molar-refractivity contribution in [1.82, 2.24) is 5.16 Å². The van der Waals surface area contributed by atoms with E-state index in [1.165, 1.54) is 24.3 Å². The summed E-state index contributed by atoms with van der Waals surface area (Å²) in [7, 11) is -3.86. The third kappa shape index (κ3) is 5.32. The first-order valence-corrected chi connectivity index (χ1v) is 11.2. The van der Waals surface area contributed by atoms with Gasteiger partial charge >= 0.3 is 0 Å². The van der Waals surface area contributed by atoms with Crippen molar-refractivity contribution in [2.45, 2.75) is 18.7 Å². The van der Waals surface area contributed by atoms with Crippen LogP contribution in [0.4, 0.5) is 11.6 Å². The van der Waals surface area contributed by atoms with Gasteiger partial charge in [0.05, 0.1) is 15.1 Å². The lowest BCUT2D eigenvalue weighted by molar-refractivity contribution is -0.118. The number of nitrogens with zero attached hydrogens (tertiary/aromatic N) is 1. The van der Waals surface area contributed by atoms with Crippen LogP contribution in [0.1, 0.15) is 11.3 Å². The molecule has 1 aromatic heterocycles. The number of halogens is 2. The lowest BCUT2D eigenvalue weighted by Crippen LogP contribution is -2.20. The maximum absolute atomic E-state index is 12.5. The van der Waals surface area contributed by atoms with Crippen LogP contribution in [0, 0.1) is 13.8 Å². The molecule has 0 aliphatic rings. The van der Waals surface area contributed by atoms with Gasteiger partial charge in [-0.25, -0.2) is 13.1 Å². The van der Waals surface area contributed by atoms with Crippen LogP contribution in [0.25, 0.3) is 0 Å². The van der Waals surface area contributed by atoms with Crippen LogP contribution in [0.2, 0.25) is 5.02 Å². The Hall–Kier alpha value is -2.56. The molecular formula is C19H17BrClN3O5S. The molecule has 0 fully saturated rings. The lowest BCUT2D eigenvalue weighted by Gasteiger charge is -2.10. The van der Waals surface area contributed by atoms with E-state index in [4.69, 9.17) is 20.9 Å². The summed E-state index contributed by atoms with van der Waals surface area (Å²) in [5.41, 5.74) is 1.62. The van der Waals surface area contributed by atoms with Crippen molar-refractivity contribution in [1.29, 1.82) is 0 Å². The third-order valence-electron chi connectivity index (χ3n) is 4.09. The molecule has 3 rings (SSSR count). The molecule has 0 atom stereocenters. The van der Waals surface area contributed by atoms with Gasteiger partial charge in [-0.3, -0.25) is 4.79 Å². The molecule has 8 nitrogen and oxygen atoms in total. The monoisotopic (exact) mass is 513 g/mol. The fourth-order valence-electron chi connectivity index (χ4n) is 2.34. The zero-order valence-electron chi connectivity index (χ0n) is 15.9. The minimum Gasteiger partial charge on any atom is -0.483 e. The number of nitrogens with one attached hydrogen (secondary N) is 2. The number of aryl methyl sites for hydroxylation is 1. The summed E-state index contributed by atoms with van der Waals surface area (Å²) in [5.74, 6) is 0.133. The number of hydrogen-bond donors (Lipinski definition) is 2.